The van der Waals surface area contributed by atoms with E-state index in [-0.39, 0.29) is 28.2 Å². The van der Waals surface area contributed by atoms with Gasteiger partial charge in [-0.15, -0.1) is 0 Å². The van der Waals surface area contributed by atoms with E-state index in [0.717, 1.165) is 24.8 Å². The molecular weight excluding hydrogens is 435 g/mol. The van der Waals surface area contributed by atoms with E-state index in [1.54, 1.807) is 25.1 Å². The smallest absolute Gasteiger partial charge is 0.262 e. The van der Waals surface area contributed by atoms with Crippen LogP contribution in [0.15, 0.2) is 41.3 Å². The zero-order valence-electron chi connectivity index (χ0n) is 16.0. The van der Waals surface area contributed by atoms with Crippen LogP contribution in [0.1, 0.15) is 24.8 Å². The molecule has 0 bridgehead atoms. The van der Waals surface area contributed by atoms with Gasteiger partial charge < -0.3 is 10.1 Å². The third-order valence-corrected chi connectivity index (χ3v) is 7.36. The Morgan fingerprint density at radius 1 is 1.10 bits per heavy atom. The number of carbonyl (C=O) groups excluding carboxylic acids is 1. The number of hydrogen-bond acceptors (Lipinski definition) is 4. The number of ether oxygens (including phenoxy) is 1. The number of nitrogens with one attached hydrogen (secondary N) is 1. The van der Waals surface area contributed by atoms with Crippen molar-refractivity contribution in [3.63, 3.8) is 0 Å². The van der Waals surface area contributed by atoms with Gasteiger partial charge in [-0.25, -0.2) is 8.42 Å². The largest absolute Gasteiger partial charge is 0.482 e. The van der Waals surface area contributed by atoms with Gasteiger partial charge in [0.15, 0.2) is 6.61 Å². The number of piperidine rings is 1. The number of carbonyl (C=O) groups is 1. The Kier molecular flexibility index (Phi) is 7.05. The van der Waals surface area contributed by atoms with Gasteiger partial charge in [-0.3, -0.25) is 4.79 Å². The summed E-state index contributed by atoms with van der Waals surface area (Å²) < 4.78 is 32.4. The third-order valence-electron chi connectivity index (χ3n) is 4.76. The summed E-state index contributed by atoms with van der Waals surface area (Å²) in [4.78, 5) is 12.3. The molecule has 1 aliphatic heterocycles. The van der Waals surface area contributed by atoms with Crippen molar-refractivity contribution in [3.05, 3.63) is 52.0 Å². The summed E-state index contributed by atoms with van der Waals surface area (Å²) in [6.07, 6.45) is 2.75. The molecule has 1 heterocycles. The summed E-state index contributed by atoms with van der Waals surface area (Å²) in [7, 11) is -3.58. The van der Waals surface area contributed by atoms with Crippen LogP contribution in [-0.2, 0) is 14.8 Å². The molecule has 1 saturated heterocycles. The van der Waals surface area contributed by atoms with Crippen LogP contribution < -0.4 is 10.1 Å². The van der Waals surface area contributed by atoms with Crippen molar-refractivity contribution >= 4 is 44.8 Å². The second-order valence-corrected chi connectivity index (χ2v) is 9.56. The molecule has 156 valence electrons. The molecule has 1 N–H and O–H groups in total. The SMILES string of the molecule is Cc1c(Cl)cccc1NC(=O)COc1ccc(S(=O)(=O)N2CCCCC2)cc1Cl. The second-order valence-electron chi connectivity index (χ2n) is 6.81. The number of rotatable bonds is 6. The van der Waals surface area contributed by atoms with Gasteiger partial charge in [0.05, 0.1) is 9.92 Å². The highest BCUT2D eigenvalue weighted by Crippen LogP contribution is 2.30. The van der Waals surface area contributed by atoms with E-state index in [2.05, 4.69) is 5.32 Å². The summed E-state index contributed by atoms with van der Waals surface area (Å²) in [5, 5.41) is 3.41. The Hall–Kier alpha value is -1.80. The van der Waals surface area contributed by atoms with Crippen molar-refractivity contribution in [1.29, 1.82) is 0 Å². The van der Waals surface area contributed by atoms with Gasteiger partial charge in [0, 0.05) is 23.8 Å². The maximum Gasteiger partial charge on any atom is 0.262 e. The zero-order valence-corrected chi connectivity index (χ0v) is 18.3. The minimum Gasteiger partial charge on any atom is -0.482 e. The van der Waals surface area contributed by atoms with Gasteiger partial charge >= 0.3 is 0 Å². The normalized spacial score (nSPS) is 15.1. The van der Waals surface area contributed by atoms with Gasteiger partial charge in [0.1, 0.15) is 5.75 Å². The lowest BCUT2D eigenvalue weighted by Gasteiger charge is -2.26. The first-order valence-corrected chi connectivity index (χ1v) is 11.5. The van der Waals surface area contributed by atoms with Crippen molar-refractivity contribution in [3.8, 4) is 5.75 Å². The summed E-state index contributed by atoms with van der Waals surface area (Å²) in [5.41, 5.74) is 1.35. The highest BCUT2D eigenvalue weighted by Gasteiger charge is 2.26. The number of sulfonamides is 1. The van der Waals surface area contributed by atoms with Crippen LogP contribution >= 0.6 is 23.2 Å². The molecule has 0 aromatic heterocycles. The summed E-state index contributed by atoms with van der Waals surface area (Å²) in [6.45, 7) is 2.56. The Labute approximate surface area is 180 Å². The number of nitrogens with zero attached hydrogens (tertiary/aromatic N) is 1. The molecule has 2 aromatic rings. The van der Waals surface area contributed by atoms with Crippen molar-refractivity contribution in [2.75, 3.05) is 25.0 Å². The van der Waals surface area contributed by atoms with Crippen molar-refractivity contribution < 1.29 is 17.9 Å². The van der Waals surface area contributed by atoms with E-state index < -0.39 is 10.0 Å². The van der Waals surface area contributed by atoms with Crippen molar-refractivity contribution in [2.24, 2.45) is 0 Å². The van der Waals surface area contributed by atoms with Gasteiger partial charge in [0.25, 0.3) is 5.91 Å². The number of halogens is 2. The molecule has 1 fully saturated rings. The molecule has 29 heavy (non-hydrogen) atoms. The molecule has 0 aliphatic carbocycles. The van der Waals surface area contributed by atoms with E-state index in [1.807, 2.05) is 0 Å². The van der Waals surface area contributed by atoms with Crippen LogP contribution in [0.3, 0.4) is 0 Å². The topological polar surface area (TPSA) is 75.7 Å². The average molecular weight is 457 g/mol. The number of amides is 1. The third kappa shape index (κ3) is 5.22. The average Bonchev–Trinajstić information content (AvgIpc) is 2.71. The van der Waals surface area contributed by atoms with Gasteiger partial charge in [-0.05, 0) is 55.7 Å². The monoisotopic (exact) mass is 456 g/mol. The molecule has 0 saturated carbocycles. The fourth-order valence-corrected chi connectivity index (χ4v) is 5.10. The first kappa shape index (κ1) is 21.9. The van der Waals surface area contributed by atoms with E-state index in [4.69, 9.17) is 27.9 Å². The summed E-state index contributed by atoms with van der Waals surface area (Å²) in [5.74, 6) is -0.140. The molecule has 6 nitrogen and oxygen atoms in total. The highest BCUT2D eigenvalue weighted by atomic mass is 35.5. The molecule has 1 amide bonds. The lowest BCUT2D eigenvalue weighted by atomic mass is 10.2. The van der Waals surface area contributed by atoms with Crippen LogP contribution in [0.4, 0.5) is 5.69 Å². The van der Waals surface area contributed by atoms with Crippen LogP contribution in [0.25, 0.3) is 0 Å². The maximum absolute atomic E-state index is 12.7. The lowest BCUT2D eigenvalue weighted by molar-refractivity contribution is -0.118. The number of hydrogen-bond donors (Lipinski definition) is 1. The van der Waals surface area contributed by atoms with E-state index in [9.17, 15) is 13.2 Å². The second kappa shape index (κ2) is 9.34. The molecule has 9 heteroatoms. The first-order valence-electron chi connectivity index (χ1n) is 9.26. The van der Waals surface area contributed by atoms with E-state index >= 15 is 0 Å². The van der Waals surface area contributed by atoms with Crippen LogP contribution in [-0.4, -0.2) is 38.3 Å². The standard InChI is InChI=1S/C20H22Cl2N2O4S/c1-14-16(21)6-5-7-18(14)23-20(25)13-28-19-9-8-15(12-17(19)22)29(26,27)24-10-3-2-4-11-24/h5-9,12H,2-4,10-11,13H2,1H3,(H,23,25). The molecular formula is C20H22Cl2N2O4S. The van der Waals surface area contributed by atoms with Gasteiger partial charge in [0.2, 0.25) is 10.0 Å². The molecule has 0 spiro atoms. The zero-order chi connectivity index (χ0) is 21.0. The lowest BCUT2D eigenvalue weighted by Crippen LogP contribution is -2.35. The maximum atomic E-state index is 12.7. The fourth-order valence-electron chi connectivity index (χ4n) is 3.09. The first-order chi connectivity index (χ1) is 13.8. The Balaban J connectivity index is 1.65. The van der Waals surface area contributed by atoms with Crippen molar-refractivity contribution in [1.82, 2.24) is 4.31 Å². The quantitative estimate of drug-likeness (QED) is 0.694. The molecule has 0 radical (unpaired) electrons. The fraction of sp³-hybridized carbons (Fsp3) is 0.350. The van der Waals surface area contributed by atoms with Crippen LogP contribution in [0, 0.1) is 6.92 Å². The van der Waals surface area contributed by atoms with Gasteiger partial charge in [-0.1, -0.05) is 35.7 Å². The van der Waals surface area contributed by atoms with Gasteiger partial charge in [-0.2, -0.15) is 4.31 Å². The predicted octanol–water partition coefficient (Wildman–Crippen LogP) is 4.49. The summed E-state index contributed by atoms with van der Waals surface area (Å²) >= 11 is 12.3. The number of anilines is 1. The Bertz CT molecular complexity index is 1010. The summed E-state index contributed by atoms with van der Waals surface area (Å²) in [6, 6.07) is 9.50. The van der Waals surface area contributed by atoms with Crippen LogP contribution in [0.5, 0.6) is 5.75 Å². The number of benzene rings is 2. The van der Waals surface area contributed by atoms with Crippen molar-refractivity contribution in [2.45, 2.75) is 31.1 Å². The minimum atomic E-state index is -3.58. The molecule has 0 atom stereocenters. The molecule has 0 unspecified atom stereocenters. The Morgan fingerprint density at radius 3 is 2.52 bits per heavy atom. The van der Waals surface area contributed by atoms with E-state index in [0.29, 0.717) is 23.8 Å². The molecule has 2 aromatic carbocycles. The van der Waals surface area contributed by atoms with E-state index in [1.165, 1.54) is 22.5 Å². The highest BCUT2D eigenvalue weighted by molar-refractivity contribution is 7.89. The Morgan fingerprint density at radius 2 is 1.83 bits per heavy atom. The minimum absolute atomic E-state index is 0.121. The van der Waals surface area contributed by atoms with Crippen LogP contribution in [0.2, 0.25) is 10.0 Å². The predicted molar refractivity (Wildman–Crippen MR) is 114 cm³/mol. The molecule has 3 rings (SSSR count). The molecule has 1 aliphatic rings.